The summed E-state index contributed by atoms with van der Waals surface area (Å²) in [5, 5.41) is 13.9. The number of nitrogens with one attached hydrogen (secondary N) is 2. The van der Waals surface area contributed by atoms with Gasteiger partial charge in [-0.1, -0.05) is 0 Å². The van der Waals surface area contributed by atoms with E-state index in [1.807, 2.05) is 13.8 Å². The van der Waals surface area contributed by atoms with Crippen molar-refractivity contribution in [2.75, 3.05) is 18.5 Å². The van der Waals surface area contributed by atoms with Gasteiger partial charge in [-0.2, -0.15) is 0 Å². The van der Waals surface area contributed by atoms with Crippen molar-refractivity contribution in [3.05, 3.63) is 24.0 Å². The Hall–Kier alpha value is -2.15. The molecule has 1 unspecified atom stereocenters. The average molecular weight is 267 g/mol. The number of carboxylic acid groups (broad SMARTS) is 1. The highest BCUT2D eigenvalue weighted by atomic mass is 16.5. The molecule has 3 N–H and O–H groups in total. The maximum Gasteiger partial charge on any atom is 0.356 e. The van der Waals surface area contributed by atoms with Gasteiger partial charge in [0.2, 0.25) is 0 Å². The second-order valence-corrected chi connectivity index (χ2v) is 3.81. The molecule has 0 fully saturated rings. The molecule has 104 valence electrons. The van der Waals surface area contributed by atoms with Crippen molar-refractivity contribution in [1.29, 1.82) is 0 Å². The van der Waals surface area contributed by atoms with Crippen molar-refractivity contribution < 1.29 is 19.4 Å². The Kier molecular flexibility index (Phi) is 5.74. The van der Waals surface area contributed by atoms with Crippen LogP contribution in [0.2, 0.25) is 0 Å². The summed E-state index contributed by atoms with van der Waals surface area (Å²) in [6.07, 6.45) is 1.24. The summed E-state index contributed by atoms with van der Waals surface area (Å²) in [6, 6.07) is 2.52. The van der Waals surface area contributed by atoms with E-state index >= 15 is 0 Å². The van der Waals surface area contributed by atoms with E-state index in [4.69, 9.17) is 9.84 Å². The molecule has 1 atom stereocenters. The van der Waals surface area contributed by atoms with Gasteiger partial charge in [0.25, 0.3) is 0 Å². The molecule has 19 heavy (non-hydrogen) atoms. The number of hydrogen-bond acceptors (Lipinski definition) is 4. The third kappa shape index (κ3) is 4.92. The van der Waals surface area contributed by atoms with E-state index in [0.29, 0.717) is 13.2 Å². The SMILES string of the molecule is CCOC(C)CNC(=O)Nc1cccnc1C(=O)O. The zero-order valence-corrected chi connectivity index (χ0v) is 10.8. The molecule has 0 aliphatic heterocycles. The van der Waals surface area contributed by atoms with E-state index < -0.39 is 12.0 Å². The van der Waals surface area contributed by atoms with Gasteiger partial charge in [0.15, 0.2) is 5.69 Å². The van der Waals surface area contributed by atoms with E-state index in [0.717, 1.165) is 0 Å². The number of carbonyl (C=O) groups is 2. The van der Waals surface area contributed by atoms with E-state index in [9.17, 15) is 9.59 Å². The molecule has 0 aliphatic carbocycles. The normalized spacial score (nSPS) is 11.7. The summed E-state index contributed by atoms with van der Waals surface area (Å²) in [5.74, 6) is -1.20. The molecular formula is C12H17N3O4. The standard InChI is InChI=1S/C12H17N3O4/c1-3-19-8(2)7-14-12(18)15-9-5-4-6-13-10(9)11(16)17/h4-6,8H,3,7H2,1-2H3,(H,16,17)(H2,14,15,18). The molecular weight excluding hydrogens is 250 g/mol. The Morgan fingerprint density at radius 3 is 2.89 bits per heavy atom. The largest absolute Gasteiger partial charge is 0.476 e. The third-order valence-corrected chi connectivity index (χ3v) is 2.26. The van der Waals surface area contributed by atoms with Gasteiger partial charge >= 0.3 is 12.0 Å². The zero-order valence-electron chi connectivity index (χ0n) is 10.8. The molecule has 0 radical (unpaired) electrons. The molecule has 1 aromatic rings. The van der Waals surface area contributed by atoms with Gasteiger partial charge < -0.3 is 20.5 Å². The van der Waals surface area contributed by atoms with Crippen LogP contribution in [0.3, 0.4) is 0 Å². The number of rotatable bonds is 6. The molecule has 1 heterocycles. The molecule has 7 nitrogen and oxygen atoms in total. The summed E-state index contributed by atoms with van der Waals surface area (Å²) < 4.78 is 5.26. The number of urea groups is 1. The monoisotopic (exact) mass is 267 g/mol. The number of aromatic carboxylic acids is 1. The first-order chi connectivity index (χ1) is 9.04. The number of nitrogens with zero attached hydrogens (tertiary/aromatic N) is 1. The number of hydrogen-bond donors (Lipinski definition) is 3. The minimum Gasteiger partial charge on any atom is -0.476 e. The van der Waals surface area contributed by atoms with Gasteiger partial charge in [-0.3, -0.25) is 0 Å². The van der Waals surface area contributed by atoms with E-state index in [1.54, 1.807) is 6.07 Å². The van der Waals surface area contributed by atoms with E-state index in [1.165, 1.54) is 12.3 Å². The topological polar surface area (TPSA) is 101 Å². The van der Waals surface area contributed by atoms with Gasteiger partial charge in [0, 0.05) is 19.3 Å². The quantitative estimate of drug-likeness (QED) is 0.721. The number of carboxylic acids is 1. The van der Waals surface area contributed by atoms with Gasteiger partial charge in [0.1, 0.15) is 0 Å². The van der Waals surface area contributed by atoms with Crippen molar-refractivity contribution in [2.45, 2.75) is 20.0 Å². The highest BCUT2D eigenvalue weighted by Crippen LogP contribution is 2.11. The fourth-order valence-electron chi connectivity index (χ4n) is 1.42. The average Bonchev–Trinajstić information content (AvgIpc) is 2.37. The number of anilines is 1. The summed E-state index contributed by atoms with van der Waals surface area (Å²) in [6.45, 7) is 4.60. The Morgan fingerprint density at radius 1 is 1.53 bits per heavy atom. The van der Waals surface area contributed by atoms with Crippen LogP contribution in [0.1, 0.15) is 24.3 Å². The smallest absolute Gasteiger partial charge is 0.356 e. The van der Waals surface area contributed by atoms with Gasteiger partial charge in [0.05, 0.1) is 11.8 Å². The lowest BCUT2D eigenvalue weighted by Crippen LogP contribution is -2.35. The fraction of sp³-hybridized carbons (Fsp3) is 0.417. The minimum atomic E-state index is -1.20. The summed E-state index contributed by atoms with van der Waals surface area (Å²) in [7, 11) is 0. The van der Waals surface area contributed by atoms with Crippen LogP contribution in [-0.4, -0.2) is 41.3 Å². The number of pyridine rings is 1. The second-order valence-electron chi connectivity index (χ2n) is 3.81. The minimum absolute atomic E-state index is 0.108. The van der Waals surface area contributed by atoms with E-state index in [2.05, 4.69) is 15.6 Å². The predicted molar refractivity (Wildman–Crippen MR) is 69.3 cm³/mol. The van der Waals surface area contributed by atoms with Crippen molar-refractivity contribution in [3.63, 3.8) is 0 Å². The van der Waals surface area contributed by atoms with E-state index in [-0.39, 0.29) is 17.5 Å². The van der Waals surface area contributed by atoms with Crippen molar-refractivity contribution in [2.24, 2.45) is 0 Å². The van der Waals surface area contributed by atoms with Crippen LogP contribution in [0.15, 0.2) is 18.3 Å². The molecule has 0 aromatic carbocycles. The lowest BCUT2D eigenvalue weighted by molar-refractivity contribution is 0.0691. The van der Waals surface area contributed by atoms with Crippen LogP contribution < -0.4 is 10.6 Å². The second kappa shape index (κ2) is 7.32. The van der Waals surface area contributed by atoms with Crippen molar-refractivity contribution >= 4 is 17.7 Å². The Bertz CT molecular complexity index is 450. The molecule has 0 bridgehead atoms. The Balaban J connectivity index is 2.55. The van der Waals surface area contributed by atoms with Crippen LogP contribution in [0.4, 0.5) is 10.5 Å². The number of amides is 2. The van der Waals surface area contributed by atoms with Crippen LogP contribution in [-0.2, 0) is 4.74 Å². The highest BCUT2D eigenvalue weighted by Gasteiger charge is 2.13. The predicted octanol–water partition coefficient (Wildman–Crippen LogP) is 1.33. The Labute approximate surface area is 111 Å². The first-order valence-corrected chi connectivity index (χ1v) is 5.89. The first kappa shape index (κ1) is 14.9. The summed E-state index contributed by atoms with van der Waals surface area (Å²) in [4.78, 5) is 26.2. The maximum absolute atomic E-state index is 11.6. The van der Waals surface area contributed by atoms with Crippen LogP contribution in [0.5, 0.6) is 0 Å². The molecule has 0 aliphatic rings. The Morgan fingerprint density at radius 2 is 2.26 bits per heavy atom. The molecule has 1 aromatic heterocycles. The van der Waals surface area contributed by atoms with Gasteiger partial charge in [-0.25, -0.2) is 14.6 Å². The van der Waals surface area contributed by atoms with Crippen molar-refractivity contribution in [1.82, 2.24) is 10.3 Å². The van der Waals surface area contributed by atoms with Crippen LogP contribution in [0.25, 0.3) is 0 Å². The number of carbonyl (C=O) groups excluding carboxylic acids is 1. The number of ether oxygens (including phenoxy) is 1. The molecule has 0 saturated heterocycles. The molecule has 2 amide bonds. The fourth-order valence-corrected chi connectivity index (χ4v) is 1.42. The third-order valence-electron chi connectivity index (χ3n) is 2.26. The van der Waals surface area contributed by atoms with Crippen molar-refractivity contribution in [3.8, 4) is 0 Å². The zero-order chi connectivity index (χ0) is 14.3. The molecule has 7 heteroatoms. The molecule has 0 spiro atoms. The highest BCUT2D eigenvalue weighted by molar-refractivity contribution is 5.98. The summed E-state index contributed by atoms with van der Waals surface area (Å²) in [5.41, 5.74) is -0.0490. The summed E-state index contributed by atoms with van der Waals surface area (Å²) >= 11 is 0. The molecule has 0 saturated carbocycles. The van der Waals surface area contributed by atoms with Crippen LogP contribution >= 0.6 is 0 Å². The lowest BCUT2D eigenvalue weighted by atomic mass is 10.3. The lowest BCUT2D eigenvalue weighted by Gasteiger charge is -2.13. The number of aromatic nitrogens is 1. The van der Waals surface area contributed by atoms with Gasteiger partial charge in [-0.05, 0) is 26.0 Å². The maximum atomic E-state index is 11.6. The van der Waals surface area contributed by atoms with Crippen LogP contribution in [0, 0.1) is 0 Å². The van der Waals surface area contributed by atoms with Gasteiger partial charge in [-0.15, -0.1) is 0 Å². The molecule has 1 rings (SSSR count). The first-order valence-electron chi connectivity index (χ1n) is 5.89.